The monoisotopic (exact) mass is 978 g/mol. The third-order valence-corrected chi connectivity index (χ3v) is 14.2. The molecule has 0 saturated heterocycles. The van der Waals surface area contributed by atoms with Gasteiger partial charge in [-0.15, -0.1) is 17.6 Å². The number of fused-ring (bicyclic) bond motifs is 4. The smallest absolute Gasteiger partial charge is 0.395 e. The molecule has 0 bridgehead atoms. The van der Waals surface area contributed by atoms with E-state index in [4.69, 9.17) is 9.84 Å². The largest absolute Gasteiger partial charge is 0.586 e. The van der Waals surface area contributed by atoms with Gasteiger partial charge in [0.05, 0.1) is 42.0 Å². The third-order valence-electron chi connectivity index (χ3n) is 14.2. The van der Waals surface area contributed by atoms with Crippen LogP contribution in [0.1, 0.15) is 93.2 Å². The molecule has 372 valence electrons. The first-order chi connectivity index (χ1) is 32.9. The fraction of sp³-hybridized carbons (Fsp3) is 0.423. The minimum atomic E-state index is -3.75. The number of aliphatic hydroxyl groups excluding tert-OH is 3. The van der Waals surface area contributed by atoms with Crippen LogP contribution in [0.4, 0.5) is 37.7 Å². The Kier molecular flexibility index (Phi) is 12.3. The van der Waals surface area contributed by atoms with Crippen molar-refractivity contribution in [1.82, 2.24) is 0 Å². The number of carbonyl (C=O) groups excluding carboxylic acids is 2. The topological polar surface area (TPSA) is 165 Å². The van der Waals surface area contributed by atoms with Crippen molar-refractivity contribution in [1.29, 1.82) is 0 Å². The summed E-state index contributed by atoms with van der Waals surface area (Å²) in [5, 5.41) is 33.3. The lowest BCUT2D eigenvalue weighted by Crippen LogP contribution is -2.28. The van der Waals surface area contributed by atoms with E-state index in [-0.39, 0.29) is 59.6 Å². The van der Waals surface area contributed by atoms with Gasteiger partial charge in [0.25, 0.3) is 0 Å². The maximum Gasteiger partial charge on any atom is 0.586 e. The number of halogens is 6. The van der Waals surface area contributed by atoms with Crippen molar-refractivity contribution in [3.63, 3.8) is 0 Å². The Labute approximate surface area is 399 Å². The number of anilines is 2. The van der Waals surface area contributed by atoms with Gasteiger partial charge in [-0.05, 0) is 132 Å². The van der Waals surface area contributed by atoms with Crippen molar-refractivity contribution in [2.24, 2.45) is 10.8 Å². The number of amides is 2. The molecule has 2 heterocycles. The van der Waals surface area contributed by atoms with Crippen molar-refractivity contribution in [2.75, 3.05) is 37.1 Å². The third kappa shape index (κ3) is 9.57. The highest BCUT2D eigenvalue weighted by atomic mass is 19.3. The van der Waals surface area contributed by atoms with Crippen molar-refractivity contribution < 1.29 is 74.9 Å². The molecule has 2 fully saturated rings. The second-order valence-corrected chi connectivity index (χ2v) is 20.1. The second-order valence-electron chi connectivity index (χ2n) is 20.1. The van der Waals surface area contributed by atoms with E-state index in [2.05, 4.69) is 43.4 Å². The van der Waals surface area contributed by atoms with E-state index in [9.17, 15) is 41.8 Å². The van der Waals surface area contributed by atoms with Crippen molar-refractivity contribution >= 4 is 35.3 Å². The van der Waals surface area contributed by atoms with Crippen LogP contribution in [0.5, 0.6) is 23.0 Å². The standard InChI is InChI=1S/C28H30F3NO6.C24H22F3NO4/c1-26(2,7-8-36-15-20(34)14-33)19-9-16-11-21(29)22(12-17(16)10-19)32-25(35)27(5-6-27)18-3-4-23-24(13-18)38-28(30,31)37-23;1-22(2,12-29)16-7-13-9-17(25)18(10-14(13)8-16)28-21(30)23(5-6-23)15-3-4-19-20(11-15)32-24(26,27)31-19/h3-4,10-13,20,33-34H,5-9,14-15H2,1-2H3,(H,32,35);3-4,8-11,29H,5-7,12H2,1-2H3,(H,28,30)/t20-;/m0./s1. The molecule has 70 heavy (non-hydrogen) atoms. The van der Waals surface area contributed by atoms with Crippen LogP contribution >= 0.6 is 0 Å². The molecular formula is C52H52F6N2O10. The Morgan fingerprint density at radius 1 is 0.657 bits per heavy atom. The molecule has 0 radical (unpaired) electrons. The number of alkyl halides is 4. The van der Waals surface area contributed by atoms with Crippen LogP contribution in [0.15, 0.2) is 71.8 Å². The molecule has 0 unspecified atom stereocenters. The van der Waals surface area contributed by atoms with Crippen molar-refractivity contribution in [3.05, 3.63) is 117 Å². The van der Waals surface area contributed by atoms with Crippen LogP contribution in [-0.4, -0.2) is 72.3 Å². The maximum atomic E-state index is 15.0. The summed E-state index contributed by atoms with van der Waals surface area (Å²) in [5.74, 6) is -2.36. The molecule has 18 heteroatoms. The van der Waals surface area contributed by atoms with Crippen LogP contribution in [0.25, 0.3) is 12.2 Å². The summed E-state index contributed by atoms with van der Waals surface area (Å²) in [7, 11) is 0. The molecule has 12 nitrogen and oxygen atoms in total. The van der Waals surface area contributed by atoms with E-state index >= 15 is 4.39 Å². The number of nitrogens with one attached hydrogen (secondary N) is 2. The summed E-state index contributed by atoms with van der Waals surface area (Å²) in [6.07, 6.45) is -0.674. The Morgan fingerprint density at radius 2 is 1.09 bits per heavy atom. The zero-order valence-electron chi connectivity index (χ0n) is 38.8. The van der Waals surface area contributed by atoms with Crippen molar-refractivity contribution in [2.45, 2.75) is 102 Å². The van der Waals surface area contributed by atoms with Gasteiger partial charge in [-0.3, -0.25) is 9.59 Å². The number of carbonyl (C=O) groups is 2. The van der Waals surface area contributed by atoms with E-state index < -0.39 is 58.4 Å². The van der Waals surface area contributed by atoms with Crippen LogP contribution in [0.2, 0.25) is 0 Å². The summed E-state index contributed by atoms with van der Waals surface area (Å²) in [6, 6.07) is 14.6. The number of aliphatic hydroxyl groups is 3. The number of rotatable bonds is 15. The van der Waals surface area contributed by atoms with Crippen LogP contribution in [0, 0.1) is 22.5 Å². The van der Waals surface area contributed by atoms with Gasteiger partial charge in [0.15, 0.2) is 23.0 Å². The quantitative estimate of drug-likeness (QED) is 0.0573. The molecular weight excluding hydrogens is 927 g/mol. The van der Waals surface area contributed by atoms with Crippen LogP contribution in [0.3, 0.4) is 0 Å². The average molecular weight is 979 g/mol. The highest BCUT2D eigenvalue weighted by Crippen LogP contribution is 2.54. The minimum absolute atomic E-state index is 0.0249. The molecule has 6 aliphatic rings. The van der Waals surface area contributed by atoms with E-state index in [1.54, 1.807) is 24.3 Å². The Hall–Kier alpha value is -6.08. The molecule has 2 saturated carbocycles. The summed E-state index contributed by atoms with van der Waals surface area (Å²) < 4.78 is 107. The zero-order valence-corrected chi connectivity index (χ0v) is 38.8. The lowest BCUT2D eigenvalue weighted by molar-refractivity contribution is -0.287. The SMILES string of the molecule is CC(C)(CCOC[C@@H](O)CO)C1=Cc2cc(NC(=O)C3(c4ccc5c(c4)OC(F)(F)O5)CC3)c(F)cc2C1.CC(C)(CO)C1=Cc2cc(NC(=O)C3(c4ccc5c(c4)OC(F)(F)O5)CC3)c(F)cc2C1. The van der Waals surface area contributed by atoms with Gasteiger partial charge >= 0.3 is 12.6 Å². The molecule has 10 rings (SSSR count). The van der Waals surface area contributed by atoms with E-state index in [0.29, 0.717) is 62.7 Å². The average Bonchev–Trinajstić information content (AvgIpc) is 4.13. The first-order valence-electron chi connectivity index (χ1n) is 22.9. The summed E-state index contributed by atoms with van der Waals surface area (Å²) in [6.45, 7) is 8.03. The summed E-state index contributed by atoms with van der Waals surface area (Å²) >= 11 is 0. The van der Waals surface area contributed by atoms with Crippen molar-refractivity contribution in [3.8, 4) is 23.0 Å². The van der Waals surface area contributed by atoms with Gasteiger partial charge in [-0.25, -0.2) is 8.78 Å². The zero-order chi connectivity index (χ0) is 50.2. The van der Waals surface area contributed by atoms with Crippen LogP contribution < -0.4 is 29.6 Å². The number of ether oxygens (including phenoxy) is 5. The molecule has 5 N–H and O–H groups in total. The predicted octanol–water partition coefficient (Wildman–Crippen LogP) is 9.32. The van der Waals surface area contributed by atoms with Gasteiger partial charge in [0, 0.05) is 12.0 Å². The molecule has 0 spiro atoms. The van der Waals surface area contributed by atoms with Gasteiger partial charge in [-0.2, -0.15) is 0 Å². The molecule has 2 aliphatic heterocycles. The summed E-state index contributed by atoms with van der Waals surface area (Å²) in [5.41, 5.74) is 3.91. The fourth-order valence-corrected chi connectivity index (χ4v) is 9.17. The van der Waals surface area contributed by atoms with E-state index in [0.717, 1.165) is 33.4 Å². The Bertz CT molecular complexity index is 2840. The van der Waals surface area contributed by atoms with E-state index in [1.165, 1.54) is 36.4 Å². The minimum Gasteiger partial charge on any atom is -0.395 e. The van der Waals surface area contributed by atoms with Crippen LogP contribution in [-0.2, 0) is 38.0 Å². The maximum absolute atomic E-state index is 15.0. The highest BCUT2D eigenvalue weighted by Gasteiger charge is 2.54. The summed E-state index contributed by atoms with van der Waals surface area (Å²) in [4.78, 5) is 26.4. The Balaban J connectivity index is 0.000000176. The lowest BCUT2D eigenvalue weighted by Gasteiger charge is -2.26. The normalized spacial score (nSPS) is 19.2. The molecule has 4 aromatic rings. The molecule has 4 aliphatic carbocycles. The highest BCUT2D eigenvalue weighted by molar-refractivity contribution is 6.03. The fourth-order valence-electron chi connectivity index (χ4n) is 9.17. The first kappa shape index (κ1) is 48.9. The van der Waals surface area contributed by atoms with Gasteiger partial charge < -0.3 is 49.6 Å². The number of benzene rings is 4. The molecule has 2 amide bonds. The lowest BCUT2D eigenvalue weighted by atomic mass is 9.80. The first-order valence-corrected chi connectivity index (χ1v) is 22.9. The number of allylic oxidation sites excluding steroid dienone is 1. The molecule has 1 atom stereocenters. The predicted molar refractivity (Wildman–Crippen MR) is 244 cm³/mol. The molecule has 0 aromatic heterocycles. The Morgan fingerprint density at radius 3 is 1.50 bits per heavy atom. The number of hydrogen-bond acceptors (Lipinski definition) is 10. The van der Waals surface area contributed by atoms with Gasteiger partial charge in [0.2, 0.25) is 11.8 Å². The second kappa shape index (κ2) is 17.6. The van der Waals surface area contributed by atoms with Gasteiger partial charge in [0.1, 0.15) is 17.7 Å². The number of hydrogen-bond donors (Lipinski definition) is 5. The molecule has 4 aromatic carbocycles. The van der Waals surface area contributed by atoms with Gasteiger partial charge in [-0.1, -0.05) is 63.1 Å². The van der Waals surface area contributed by atoms with E-state index in [1.807, 2.05) is 26.0 Å².